The largest absolute Gasteiger partial charge is 0.340 e. The van der Waals surface area contributed by atoms with Crippen molar-refractivity contribution in [1.82, 2.24) is 4.57 Å². The summed E-state index contributed by atoms with van der Waals surface area (Å²) in [6.07, 6.45) is 4.78. The number of benzene rings is 2. The summed E-state index contributed by atoms with van der Waals surface area (Å²) in [4.78, 5) is 10.3. The highest BCUT2D eigenvalue weighted by Gasteiger charge is 2.29. The summed E-state index contributed by atoms with van der Waals surface area (Å²) in [6, 6.07) is 17.4. The van der Waals surface area contributed by atoms with Gasteiger partial charge >= 0.3 is 0 Å². The van der Waals surface area contributed by atoms with E-state index in [2.05, 4.69) is 71.8 Å². The third-order valence-corrected chi connectivity index (χ3v) is 7.21. The fourth-order valence-corrected chi connectivity index (χ4v) is 5.83. The van der Waals surface area contributed by atoms with E-state index in [4.69, 9.17) is 4.99 Å². The molecule has 2 aromatic carbocycles. The number of thioether (sulfide) groups is 1. The van der Waals surface area contributed by atoms with Crippen LogP contribution < -0.4 is 9.70 Å². The molecule has 1 atom stereocenters. The van der Waals surface area contributed by atoms with Crippen molar-refractivity contribution >= 4 is 39.0 Å². The normalized spacial score (nSPS) is 17.0. The van der Waals surface area contributed by atoms with E-state index >= 15 is 0 Å². The average Bonchev–Trinajstić information content (AvgIpc) is 3.22. The quantitative estimate of drug-likeness (QED) is 0.480. The number of anilines is 1. The topological polar surface area (TPSA) is 20.5 Å². The van der Waals surface area contributed by atoms with Crippen LogP contribution in [0.2, 0.25) is 0 Å². The minimum atomic E-state index is 0.134. The summed E-state index contributed by atoms with van der Waals surface area (Å²) in [5, 5.41) is 0. The molecule has 0 saturated heterocycles. The molecule has 0 aliphatic carbocycles. The van der Waals surface area contributed by atoms with Gasteiger partial charge in [-0.15, -0.1) is 0 Å². The molecular formula is C22H27N3S2. The number of unbranched alkanes of at least 4 members (excludes halogenated alkanes) is 2. The average molecular weight is 398 g/mol. The molecule has 0 saturated carbocycles. The lowest BCUT2D eigenvalue weighted by Gasteiger charge is -2.23. The zero-order valence-electron chi connectivity index (χ0n) is 16.1. The summed E-state index contributed by atoms with van der Waals surface area (Å²) in [5.41, 5.74) is 2.79. The van der Waals surface area contributed by atoms with E-state index in [1.54, 1.807) is 0 Å². The monoisotopic (exact) mass is 397 g/mol. The number of para-hydroxylation sites is 2. The van der Waals surface area contributed by atoms with Crippen LogP contribution in [0.4, 0.5) is 5.69 Å². The van der Waals surface area contributed by atoms with Gasteiger partial charge in [0.1, 0.15) is 0 Å². The Kier molecular flexibility index (Phi) is 5.89. The molecule has 0 spiro atoms. The fraction of sp³-hybridized carbons (Fsp3) is 0.409. The summed E-state index contributed by atoms with van der Waals surface area (Å²) in [6.45, 7) is 6.61. The molecular weight excluding hydrogens is 370 g/mol. The van der Waals surface area contributed by atoms with Gasteiger partial charge in [0.25, 0.3) is 0 Å². The number of aromatic nitrogens is 1. The van der Waals surface area contributed by atoms with E-state index in [-0.39, 0.29) is 5.50 Å². The van der Waals surface area contributed by atoms with Gasteiger partial charge in [0.2, 0.25) is 0 Å². The van der Waals surface area contributed by atoms with Gasteiger partial charge in [-0.3, -0.25) is 0 Å². The molecule has 0 N–H and O–H groups in total. The van der Waals surface area contributed by atoms with Crippen LogP contribution in [0, 0.1) is 0 Å². The van der Waals surface area contributed by atoms with Crippen LogP contribution in [0.1, 0.15) is 39.5 Å². The van der Waals surface area contributed by atoms with Crippen molar-refractivity contribution < 1.29 is 0 Å². The van der Waals surface area contributed by atoms with Crippen molar-refractivity contribution in [3.8, 4) is 0 Å². The van der Waals surface area contributed by atoms with Crippen LogP contribution in [0.15, 0.2) is 58.4 Å². The van der Waals surface area contributed by atoms with E-state index in [0.29, 0.717) is 0 Å². The highest BCUT2D eigenvalue weighted by Crippen LogP contribution is 2.43. The third-order valence-electron chi connectivity index (χ3n) is 4.97. The predicted octanol–water partition coefficient (Wildman–Crippen LogP) is 6.10. The van der Waals surface area contributed by atoms with Crippen LogP contribution in [-0.2, 0) is 6.54 Å². The lowest BCUT2D eigenvalue weighted by Crippen LogP contribution is -2.31. The van der Waals surface area contributed by atoms with Gasteiger partial charge in [-0.1, -0.05) is 74.1 Å². The number of rotatable bonds is 7. The van der Waals surface area contributed by atoms with Gasteiger partial charge in [0, 0.05) is 18.0 Å². The molecule has 3 nitrogen and oxygen atoms in total. The summed E-state index contributed by atoms with van der Waals surface area (Å²) in [5.74, 6) is 0. The van der Waals surface area contributed by atoms with Crippen LogP contribution in [0.5, 0.6) is 0 Å². The fourth-order valence-electron chi connectivity index (χ4n) is 3.49. The van der Waals surface area contributed by atoms with Crippen molar-refractivity contribution in [3.05, 3.63) is 53.3 Å². The highest BCUT2D eigenvalue weighted by molar-refractivity contribution is 8.00. The van der Waals surface area contributed by atoms with Crippen LogP contribution in [0.3, 0.4) is 0 Å². The maximum absolute atomic E-state index is 5.27. The number of hydrogen-bond donors (Lipinski definition) is 0. The third kappa shape index (κ3) is 3.81. The molecule has 0 amide bonds. The minimum absolute atomic E-state index is 0.134. The molecule has 3 aromatic rings. The first-order valence-electron chi connectivity index (χ1n) is 9.96. The van der Waals surface area contributed by atoms with E-state index in [0.717, 1.165) is 17.9 Å². The molecule has 142 valence electrons. The summed E-state index contributed by atoms with van der Waals surface area (Å²) < 4.78 is 3.75. The molecule has 0 radical (unpaired) electrons. The first-order valence-corrected chi connectivity index (χ1v) is 11.7. The first-order chi connectivity index (χ1) is 13.3. The number of hydrogen-bond acceptors (Lipinski definition) is 4. The molecule has 4 rings (SSSR count). The maximum Gasteiger partial charge on any atom is 0.188 e. The Labute approximate surface area is 169 Å². The molecule has 2 heterocycles. The van der Waals surface area contributed by atoms with Crippen molar-refractivity contribution in [3.63, 3.8) is 0 Å². The Morgan fingerprint density at radius 2 is 1.67 bits per heavy atom. The van der Waals surface area contributed by atoms with Crippen LogP contribution in [0.25, 0.3) is 10.2 Å². The second-order valence-electron chi connectivity index (χ2n) is 6.95. The first kappa shape index (κ1) is 18.6. The molecule has 1 aromatic heterocycles. The van der Waals surface area contributed by atoms with E-state index < -0.39 is 0 Å². The number of aryl methyl sites for hydroxylation is 1. The Morgan fingerprint density at radius 1 is 0.926 bits per heavy atom. The van der Waals surface area contributed by atoms with Gasteiger partial charge in [-0.25, -0.2) is 4.99 Å². The van der Waals surface area contributed by atoms with E-state index in [1.165, 1.54) is 46.5 Å². The SMILES string of the molecule is CCCCN1c2ccccc2SC1/N=c1\sc2ccccc2n1CCCC. The Hall–Kier alpha value is -1.72. The predicted molar refractivity (Wildman–Crippen MR) is 119 cm³/mol. The molecule has 0 fully saturated rings. The number of nitrogens with zero attached hydrogens (tertiary/aromatic N) is 3. The van der Waals surface area contributed by atoms with Gasteiger partial charge in [-0.05, 0) is 37.1 Å². The lowest BCUT2D eigenvalue weighted by molar-refractivity contribution is 0.623. The molecule has 0 bridgehead atoms. The number of fused-ring (bicyclic) bond motifs is 2. The van der Waals surface area contributed by atoms with Crippen molar-refractivity contribution in [2.24, 2.45) is 4.99 Å². The molecule has 1 aliphatic rings. The smallest absolute Gasteiger partial charge is 0.188 e. The molecule has 5 heteroatoms. The Morgan fingerprint density at radius 3 is 2.52 bits per heavy atom. The maximum atomic E-state index is 5.27. The van der Waals surface area contributed by atoms with Crippen molar-refractivity contribution in [2.75, 3.05) is 11.4 Å². The second-order valence-corrected chi connectivity index (χ2v) is 9.05. The van der Waals surface area contributed by atoms with Crippen LogP contribution in [-0.4, -0.2) is 16.6 Å². The Balaban J connectivity index is 1.76. The standard InChI is InChI=1S/C22H27N3S2/c1-3-5-15-24-17-11-7-9-13-19(17)26-21(24)23-22-25(16-6-4-2)18-12-8-10-14-20(18)27-22/h7-14,21H,3-6,15-16H2,1-2H3/b23-22-. The van der Waals surface area contributed by atoms with Gasteiger partial charge in [0.15, 0.2) is 10.3 Å². The number of thiazole rings is 1. The van der Waals surface area contributed by atoms with Gasteiger partial charge < -0.3 is 9.47 Å². The summed E-state index contributed by atoms with van der Waals surface area (Å²) in [7, 11) is 0. The van der Waals surface area contributed by atoms with E-state index in [1.807, 2.05) is 23.1 Å². The zero-order valence-corrected chi connectivity index (χ0v) is 17.7. The Bertz CT molecular complexity index is 973. The van der Waals surface area contributed by atoms with Crippen molar-refractivity contribution in [1.29, 1.82) is 0 Å². The lowest BCUT2D eigenvalue weighted by atomic mass is 10.2. The molecule has 1 aliphatic heterocycles. The van der Waals surface area contributed by atoms with Gasteiger partial charge in [0.05, 0.1) is 15.9 Å². The second kappa shape index (κ2) is 8.53. The molecule has 1 unspecified atom stereocenters. The van der Waals surface area contributed by atoms with E-state index in [9.17, 15) is 0 Å². The van der Waals surface area contributed by atoms with Gasteiger partial charge in [-0.2, -0.15) is 0 Å². The highest BCUT2D eigenvalue weighted by atomic mass is 32.2. The van der Waals surface area contributed by atoms with Crippen LogP contribution >= 0.6 is 23.1 Å². The zero-order chi connectivity index (χ0) is 18.6. The summed E-state index contributed by atoms with van der Waals surface area (Å²) >= 11 is 3.71. The molecule has 27 heavy (non-hydrogen) atoms. The van der Waals surface area contributed by atoms with Crippen molar-refractivity contribution in [2.45, 2.75) is 56.5 Å². The minimum Gasteiger partial charge on any atom is -0.340 e.